The summed E-state index contributed by atoms with van der Waals surface area (Å²) >= 11 is 5.08. The summed E-state index contributed by atoms with van der Waals surface area (Å²) < 4.78 is 1.08. The van der Waals surface area contributed by atoms with Crippen LogP contribution in [0.2, 0.25) is 0 Å². The molecule has 0 radical (unpaired) electrons. The van der Waals surface area contributed by atoms with Crippen LogP contribution in [-0.4, -0.2) is 24.0 Å². The molecule has 1 aromatic heterocycles. The lowest BCUT2D eigenvalue weighted by molar-refractivity contribution is 0.173. The first-order chi connectivity index (χ1) is 8.66. The Balaban J connectivity index is 1.79. The predicted molar refractivity (Wildman–Crippen MR) is 78.9 cm³/mol. The number of amides is 2. The highest BCUT2D eigenvalue weighted by Crippen LogP contribution is 2.22. The third kappa shape index (κ3) is 3.72. The van der Waals surface area contributed by atoms with E-state index in [1.165, 1.54) is 24.1 Å². The molecule has 3 nitrogen and oxygen atoms in total. The van der Waals surface area contributed by atoms with Gasteiger partial charge in [0.15, 0.2) is 0 Å². The number of nitrogens with zero attached hydrogens (tertiary/aromatic N) is 1. The van der Waals surface area contributed by atoms with Crippen molar-refractivity contribution in [2.75, 3.05) is 7.05 Å². The van der Waals surface area contributed by atoms with Crippen LogP contribution in [0.4, 0.5) is 4.79 Å². The van der Waals surface area contributed by atoms with Crippen molar-refractivity contribution in [1.29, 1.82) is 0 Å². The van der Waals surface area contributed by atoms with E-state index in [1.807, 2.05) is 23.4 Å². The molecule has 2 rings (SSSR count). The Hall–Kier alpha value is -0.550. The lowest BCUT2D eigenvalue weighted by Gasteiger charge is -2.31. The van der Waals surface area contributed by atoms with Gasteiger partial charge in [0.2, 0.25) is 0 Å². The number of thiophene rings is 1. The van der Waals surface area contributed by atoms with E-state index in [9.17, 15) is 4.79 Å². The van der Waals surface area contributed by atoms with Gasteiger partial charge in [-0.3, -0.25) is 0 Å². The normalized spacial score (nSPS) is 16.6. The Morgan fingerprint density at radius 3 is 2.83 bits per heavy atom. The molecule has 0 spiro atoms. The number of rotatable bonds is 3. The molecule has 0 aromatic carbocycles. The lowest BCUT2D eigenvalue weighted by atomic mass is 9.95. The maximum Gasteiger partial charge on any atom is 0.317 e. The Bertz CT molecular complexity index is 401. The molecule has 5 heteroatoms. The van der Waals surface area contributed by atoms with Gasteiger partial charge in [-0.25, -0.2) is 4.79 Å². The van der Waals surface area contributed by atoms with E-state index in [1.54, 1.807) is 11.3 Å². The van der Waals surface area contributed by atoms with Gasteiger partial charge in [-0.15, -0.1) is 11.3 Å². The summed E-state index contributed by atoms with van der Waals surface area (Å²) in [5, 5.41) is 5.02. The Morgan fingerprint density at radius 2 is 2.22 bits per heavy atom. The molecule has 1 aliphatic rings. The fraction of sp³-hybridized carbons (Fsp3) is 0.615. The zero-order chi connectivity index (χ0) is 13.0. The van der Waals surface area contributed by atoms with E-state index in [0.717, 1.165) is 17.3 Å². The summed E-state index contributed by atoms with van der Waals surface area (Å²) in [6, 6.07) is 2.52. The quantitative estimate of drug-likeness (QED) is 0.893. The summed E-state index contributed by atoms with van der Waals surface area (Å²) in [7, 11) is 1.91. The van der Waals surface area contributed by atoms with Crippen molar-refractivity contribution in [1.82, 2.24) is 10.2 Å². The minimum atomic E-state index is 0.0476. The van der Waals surface area contributed by atoms with Crippen molar-refractivity contribution in [3.63, 3.8) is 0 Å². The summed E-state index contributed by atoms with van der Waals surface area (Å²) in [5.41, 5.74) is 0. The molecule has 1 fully saturated rings. The topological polar surface area (TPSA) is 32.3 Å². The van der Waals surface area contributed by atoms with E-state index in [0.29, 0.717) is 12.6 Å². The highest BCUT2D eigenvalue weighted by atomic mass is 79.9. The van der Waals surface area contributed by atoms with Crippen LogP contribution in [0, 0.1) is 0 Å². The number of hydrogen-bond donors (Lipinski definition) is 1. The third-order valence-corrected chi connectivity index (χ3v) is 5.18. The SMILES string of the molecule is CN(C(=O)NCc1cc(Br)cs1)C1CCCCC1. The fourth-order valence-electron chi connectivity index (χ4n) is 2.37. The Labute approximate surface area is 121 Å². The van der Waals surface area contributed by atoms with Crippen molar-refractivity contribution in [3.8, 4) is 0 Å². The van der Waals surface area contributed by atoms with Crippen LogP contribution in [0.25, 0.3) is 0 Å². The molecule has 0 unspecified atom stereocenters. The number of urea groups is 1. The Morgan fingerprint density at radius 1 is 1.50 bits per heavy atom. The van der Waals surface area contributed by atoms with Gasteiger partial charge in [-0.2, -0.15) is 0 Å². The lowest BCUT2D eigenvalue weighted by Crippen LogP contribution is -2.44. The number of nitrogens with one attached hydrogen (secondary N) is 1. The van der Waals surface area contributed by atoms with Gasteiger partial charge in [0.05, 0.1) is 6.54 Å². The minimum absolute atomic E-state index is 0.0476. The van der Waals surface area contributed by atoms with Gasteiger partial charge in [0.1, 0.15) is 0 Å². The van der Waals surface area contributed by atoms with Gasteiger partial charge < -0.3 is 10.2 Å². The molecule has 0 bridgehead atoms. The van der Waals surface area contributed by atoms with Crippen LogP contribution in [0.3, 0.4) is 0 Å². The van der Waals surface area contributed by atoms with Gasteiger partial charge in [0.25, 0.3) is 0 Å². The van der Waals surface area contributed by atoms with Crippen LogP contribution >= 0.6 is 27.3 Å². The molecular formula is C13H19BrN2OS. The summed E-state index contributed by atoms with van der Waals surface area (Å²) in [5.74, 6) is 0. The molecule has 18 heavy (non-hydrogen) atoms. The molecule has 0 atom stereocenters. The number of halogens is 1. The maximum atomic E-state index is 12.0. The maximum absolute atomic E-state index is 12.0. The molecule has 1 heterocycles. The monoisotopic (exact) mass is 330 g/mol. The minimum Gasteiger partial charge on any atom is -0.333 e. The number of carbonyl (C=O) groups excluding carboxylic acids is 1. The largest absolute Gasteiger partial charge is 0.333 e. The average Bonchev–Trinajstić information content (AvgIpc) is 2.82. The standard InChI is InChI=1S/C13H19BrN2OS/c1-16(11-5-3-2-4-6-11)13(17)15-8-12-7-10(14)9-18-12/h7,9,11H,2-6,8H2,1H3,(H,15,17). The van der Waals surface area contributed by atoms with Crippen LogP contribution in [-0.2, 0) is 6.54 Å². The molecular weight excluding hydrogens is 312 g/mol. The molecule has 0 saturated heterocycles. The molecule has 1 N–H and O–H groups in total. The number of carbonyl (C=O) groups is 1. The average molecular weight is 331 g/mol. The predicted octanol–water partition coefficient (Wildman–Crippen LogP) is 3.98. The highest BCUT2D eigenvalue weighted by Gasteiger charge is 2.21. The molecule has 1 aromatic rings. The van der Waals surface area contributed by atoms with E-state index < -0.39 is 0 Å². The Kier molecular flexibility index (Phi) is 5.06. The van der Waals surface area contributed by atoms with Gasteiger partial charge in [-0.1, -0.05) is 19.3 Å². The van der Waals surface area contributed by atoms with Gasteiger partial charge in [0, 0.05) is 27.8 Å². The first kappa shape index (κ1) is 13.9. The van der Waals surface area contributed by atoms with Crippen LogP contribution in [0.5, 0.6) is 0 Å². The van der Waals surface area contributed by atoms with Crippen molar-refractivity contribution in [3.05, 3.63) is 20.8 Å². The highest BCUT2D eigenvalue weighted by molar-refractivity contribution is 9.10. The molecule has 1 aliphatic carbocycles. The first-order valence-electron chi connectivity index (χ1n) is 6.40. The molecule has 2 amide bonds. The molecule has 100 valence electrons. The molecule has 0 aliphatic heterocycles. The van der Waals surface area contributed by atoms with Crippen molar-refractivity contribution in [2.45, 2.75) is 44.7 Å². The smallest absolute Gasteiger partial charge is 0.317 e. The van der Waals surface area contributed by atoms with Gasteiger partial charge >= 0.3 is 6.03 Å². The summed E-state index contributed by atoms with van der Waals surface area (Å²) in [6.07, 6.45) is 6.11. The van der Waals surface area contributed by atoms with Crippen molar-refractivity contribution in [2.24, 2.45) is 0 Å². The van der Waals surface area contributed by atoms with E-state index in [2.05, 4.69) is 21.2 Å². The number of hydrogen-bond acceptors (Lipinski definition) is 2. The fourth-order valence-corrected chi connectivity index (χ4v) is 3.76. The van der Waals surface area contributed by atoms with Crippen LogP contribution in [0.15, 0.2) is 15.9 Å². The zero-order valence-corrected chi connectivity index (χ0v) is 13.0. The van der Waals surface area contributed by atoms with E-state index in [4.69, 9.17) is 0 Å². The second kappa shape index (κ2) is 6.57. The van der Waals surface area contributed by atoms with Crippen LogP contribution in [0.1, 0.15) is 37.0 Å². The van der Waals surface area contributed by atoms with E-state index in [-0.39, 0.29) is 6.03 Å². The van der Waals surface area contributed by atoms with Crippen molar-refractivity contribution < 1.29 is 4.79 Å². The second-order valence-corrected chi connectivity index (χ2v) is 6.70. The second-order valence-electron chi connectivity index (χ2n) is 4.79. The summed E-state index contributed by atoms with van der Waals surface area (Å²) in [4.78, 5) is 15.1. The molecule has 1 saturated carbocycles. The van der Waals surface area contributed by atoms with Crippen molar-refractivity contribution >= 4 is 33.3 Å². The third-order valence-electron chi connectivity index (χ3n) is 3.48. The summed E-state index contributed by atoms with van der Waals surface area (Å²) in [6.45, 7) is 0.617. The van der Waals surface area contributed by atoms with Crippen LogP contribution < -0.4 is 5.32 Å². The zero-order valence-electron chi connectivity index (χ0n) is 10.6. The van der Waals surface area contributed by atoms with Gasteiger partial charge in [-0.05, 0) is 34.8 Å². The van der Waals surface area contributed by atoms with E-state index >= 15 is 0 Å². The first-order valence-corrected chi connectivity index (χ1v) is 8.07.